The van der Waals surface area contributed by atoms with E-state index >= 15 is 0 Å². The number of rotatable bonds is 4. The van der Waals surface area contributed by atoms with E-state index in [-0.39, 0.29) is 24.1 Å². The molecule has 38 heavy (non-hydrogen) atoms. The Bertz CT molecular complexity index is 1510. The van der Waals surface area contributed by atoms with Gasteiger partial charge < -0.3 is 10.2 Å². The Balaban J connectivity index is 1.39. The molecule has 2 aromatic heterocycles. The highest BCUT2D eigenvalue weighted by atomic mass is 35.5. The monoisotopic (exact) mass is 542 g/mol. The molecule has 1 N–H and O–H groups in total. The molecule has 1 fully saturated rings. The SMILES string of the molecule is Cn1nc(C(F)(F)F)cc1C(=O)N[C@@H]1CCN(C(=O)c2cc(Cl)c3nccnc3c2)C[C@H]1c1ccccc1. The quantitative estimate of drug-likeness (QED) is 0.411. The Hall–Kier alpha value is -3.99. The molecule has 1 aliphatic rings. The molecular weight excluding hydrogens is 521 g/mol. The lowest BCUT2D eigenvalue weighted by Crippen LogP contribution is -2.51. The normalized spacial score (nSPS) is 18.0. The number of nitrogens with one attached hydrogen (secondary N) is 1. The maximum atomic E-state index is 13.5. The van der Waals surface area contributed by atoms with Gasteiger partial charge in [-0.1, -0.05) is 41.9 Å². The van der Waals surface area contributed by atoms with Crippen molar-refractivity contribution in [3.05, 3.63) is 88.5 Å². The summed E-state index contributed by atoms with van der Waals surface area (Å²) in [6.45, 7) is 0.603. The van der Waals surface area contributed by atoms with Crippen LogP contribution in [0.5, 0.6) is 0 Å². The van der Waals surface area contributed by atoms with Crippen LogP contribution in [0.3, 0.4) is 0 Å². The molecule has 1 aliphatic heterocycles. The second kappa shape index (κ2) is 10.1. The maximum absolute atomic E-state index is 13.5. The van der Waals surface area contributed by atoms with E-state index in [9.17, 15) is 22.8 Å². The van der Waals surface area contributed by atoms with E-state index in [1.165, 1.54) is 19.4 Å². The van der Waals surface area contributed by atoms with Crippen LogP contribution in [0.1, 0.15) is 44.4 Å². The molecular formula is C26H22ClF3N6O2. The highest BCUT2D eigenvalue weighted by Crippen LogP contribution is 2.31. The van der Waals surface area contributed by atoms with Gasteiger partial charge in [0.2, 0.25) is 0 Å². The number of halogens is 4. The average Bonchev–Trinajstić information content (AvgIpc) is 3.31. The van der Waals surface area contributed by atoms with Crippen LogP contribution in [0, 0.1) is 0 Å². The molecule has 4 aromatic rings. The number of fused-ring (bicyclic) bond motifs is 1. The van der Waals surface area contributed by atoms with Crippen molar-refractivity contribution in [3.63, 3.8) is 0 Å². The fourth-order valence-electron chi connectivity index (χ4n) is 4.75. The van der Waals surface area contributed by atoms with Crippen LogP contribution in [0.2, 0.25) is 5.02 Å². The van der Waals surface area contributed by atoms with Crippen molar-refractivity contribution in [1.82, 2.24) is 30.0 Å². The minimum atomic E-state index is -4.66. The predicted molar refractivity (Wildman–Crippen MR) is 134 cm³/mol. The first-order chi connectivity index (χ1) is 18.1. The smallest absolute Gasteiger partial charge is 0.347 e. The Morgan fingerprint density at radius 2 is 1.82 bits per heavy atom. The number of nitrogens with zero attached hydrogens (tertiary/aromatic N) is 5. The first-order valence-electron chi connectivity index (χ1n) is 11.8. The van der Waals surface area contributed by atoms with Crippen molar-refractivity contribution in [3.8, 4) is 0 Å². The molecule has 2 atom stereocenters. The van der Waals surface area contributed by atoms with E-state index < -0.39 is 23.8 Å². The molecule has 2 aromatic carbocycles. The summed E-state index contributed by atoms with van der Waals surface area (Å²) in [5.41, 5.74) is 0.918. The lowest BCUT2D eigenvalue weighted by atomic mass is 9.85. The molecule has 0 aliphatic carbocycles. The molecule has 196 valence electrons. The third-order valence-electron chi connectivity index (χ3n) is 6.62. The molecule has 8 nitrogen and oxygen atoms in total. The van der Waals surface area contributed by atoms with Gasteiger partial charge in [0.1, 0.15) is 11.2 Å². The van der Waals surface area contributed by atoms with Crippen LogP contribution in [0.4, 0.5) is 13.2 Å². The van der Waals surface area contributed by atoms with Gasteiger partial charge in [-0.25, -0.2) is 0 Å². The molecule has 12 heteroatoms. The van der Waals surface area contributed by atoms with Crippen LogP contribution in [0.15, 0.2) is 60.9 Å². The zero-order valence-corrected chi connectivity index (χ0v) is 20.9. The number of carbonyl (C=O) groups is 2. The van der Waals surface area contributed by atoms with Gasteiger partial charge in [0, 0.05) is 56.1 Å². The number of benzene rings is 2. The Morgan fingerprint density at radius 3 is 2.53 bits per heavy atom. The van der Waals surface area contributed by atoms with Crippen LogP contribution in [0.25, 0.3) is 11.0 Å². The second-order valence-electron chi connectivity index (χ2n) is 9.06. The van der Waals surface area contributed by atoms with Gasteiger partial charge in [-0.3, -0.25) is 24.2 Å². The van der Waals surface area contributed by atoms with E-state index in [1.54, 1.807) is 17.0 Å². The van der Waals surface area contributed by atoms with Crippen molar-refractivity contribution in [1.29, 1.82) is 0 Å². The summed E-state index contributed by atoms with van der Waals surface area (Å²) in [4.78, 5) is 36.6. The number of hydrogen-bond donors (Lipinski definition) is 1. The fraction of sp³-hybridized carbons (Fsp3) is 0.269. The molecule has 0 unspecified atom stereocenters. The first-order valence-corrected chi connectivity index (χ1v) is 12.2. The van der Waals surface area contributed by atoms with Crippen LogP contribution >= 0.6 is 11.6 Å². The third kappa shape index (κ3) is 5.06. The predicted octanol–water partition coefficient (Wildman–Crippen LogP) is 4.46. The van der Waals surface area contributed by atoms with Gasteiger partial charge >= 0.3 is 6.18 Å². The fourth-order valence-corrected chi connectivity index (χ4v) is 5.01. The summed E-state index contributed by atoms with van der Waals surface area (Å²) in [5.74, 6) is -1.21. The van der Waals surface area contributed by atoms with E-state index in [1.807, 2.05) is 30.3 Å². The zero-order chi connectivity index (χ0) is 27.0. The Morgan fingerprint density at radius 1 is 1.08 bits per heavy atom. The zero-order valence-electron chi connectivity index (χ0n) is 20.1. The number of likely N-dealkylation sites (tertiary alicyclic amines) is 1. The number of alkyl halides is 3. The number of amides is 2. The first kappa shape index (κ1) is 25.7. The Kier molecular flexibility index (Phi) is 6.78. The third-order valence-corrected chi connectivity index (χ3v) is 6.91. The average molecular weight is 543 g/mol. The van der Waals surface area contributed by atoms with E-state index in [2.05, 4.69) is 20.4 Å². The molecule has 0 radical (unpaired) electrons. The van der Waals surface area contributed by atoms with Crippen LogP contribution < -0.4 is 5.32 Å². The van der Waals surface area contributed by atoms with Crippen molar-refractivity contribution in [2.24, 2.45) is 7.05 Å². The lowest BCUT2D eigenvalue weighted by Gasteiger charge is -2.39. The largest absolute Gasteiger partial charge is 0.435 e. The van der Waals surface area contributed by atoms with Gasteiger partial charge in [0.25, 0.3) is 11.8 Å². The number of aryl methyl sites for hydroxylation is 1. The number of aromatic nitrogens is 4. The number of piperidine rings is 1. The second-order valence-corrected chi connectivity index (χ2v) is 9.46. The highest BCUT2D eigenvalue weighted by Gasteiger charge is 2.37. The molecule has 0 bridgehead atoms. The van der Waals surface area contributed by atoms with Gasteiger partial charge in [0.15, 0.2) is 5.69 Å². The summed E-state index contributed by atoms with van der Waals surface area (Å²) in [5, 5.41) is 6.62. The minimum Gasteiger partial charge on any atom is -0.347 e. The summed E-state index contributed by atoms with van der Waals surface area (Å²) in [6.07, 6.45) is -1.23. The molecule has 3 heterocycles. The van der Waals surface area contributed by atoms with E-state index in [0.717, 1.165) is 16.3 Å². The Labute approximate surface area is 220 Å². The standard InChI is InChI=1S/C26H22ClF3N6O2/c1-35-21(13-22(34-35)26(28,29)30)24(37)33-19-7-10-36(14-17(19)15-5-3-2-4-6-15)25(38)16-11-18(27)23-20(12-16)31-8-9-32-23/h2-6,8-9,11-13,17,19H,7,10,14H2,1H3,(H,33,37)/t17-,19+/m0/s1. The van der Waals surface area contributed by atoms with Crippen molar-refractivity contribution < 1.29 is 22.8 Å². The van der Waals surface area contributed by atoms with Gasteiger partial charge in [0.05, 0.1) is 10.5 Å². The molecule has 2 amide bonds. The summed E-state index contributed by atoms with van der Waals surface area (Å²) < 4.78 is 40.2. The van der Waals surface area contributed by atoms with E-state index in [0.29, 0.717) is 34.6 Å². The van der Waals surface area contributed by atoms with Gasteiger partial charge in [-0.15, -0.1) is 0 Å². The lowest BCUT2D eigenvalue weighted by molar-refractivity contribution is -0.141. The molecule has 1 saturated heterocycles. The number of hydrogen-bond acceptors (Lipinski definition) is 5. The van der Waals surface area contributed by atoms with Crippen molar-refractivity contribution in [2.45, 2.75) is 24.6 Å². The van der Waals surface area contributed by atoms with Crippen LogP contribution in [-0.2, 0) is 13.2 Å². The molecule has 0 spiro atoms. The molecule has 0 saturated carbocycles. The van der Waals surface area contributed by atoms with Gasteiger partial charge in [-0.05, 0) is 24.1 Å². The van der Waals surface area contributed by atoms with E-state index in [4.69, 9.17) is 11.6 Å². The minimum absolute atomic E-state index is 0.199. The number of carbonyl (C=O) groups excluding carboxylic acids is 2. The highest BCUT2D eigenvalue weighted by molar-refractivity contribution is 6.35. The summed E-state index contributed by atoms with van der Waals surface area (Å²) >= 11 is 6.35. The summed E-state index contributed by atoms with van der Waals surface area (Å²) in [6, 6.07) is 12.9. The maximum Gasteiger partial charge on any atom is 0.435 e. The van der Waals surface area contributed by atoms with Crippen molar-refractivity contribution in [2.75, 3.05) is 13.1 Å². The topological polar surface area (TPSA) is 93.0 Å². The van der Waals surface area contributed by atoms with Crippen LogP contribution in [-0.4, -0.2) is 55.6 Å². The van der Waals surface area contributed by atoms with Gasteiger partial charge in [-0.2, -0.15) is 18.3 Å². The summed E-state index contributed by atoms with van der Waals surface area (Å²) in [7, 11) is 1.29. The van der Waals surface area contributed by atoms with Crippen molar-refractivity contribution >= 4 is 34.4 Å². The molecule has 5 rings (SSSR count).